The van der Waals surface area contributed by atoms with Gasteiger partial charge in [-0.15, -0.1) is 0 Å². The van der Waals surface area contributed by atoms with Gasteiger partial charge < -0.3 is 9.32 Å². The van der Waals surface area contributed by atoms with Gasteiger partial charge in [0.2, 0.25) is 0 Å². The standard InChI is InChI=1S/C51H35NO/c1-51(2)47-20-9-7-18-42(47)43-26-23-36(31-48(43)51)52(35-24-27-50-46(30-35)44-19-8-10-21-49(44)53-50)34-13-11-12-32(28-34)33-22-25-41-39-16-4-3-14-37(39)38-15-5-6-17-40(38)45(41)29-33/h3-31H,1-2H3. The van der Waals surface area contributed by atoms with Crippen LogP contribution in [0.25, 0.3) is 76.5 Å². The van der Waals surface area contributed by atoms with Crippen LogP contribution < -0.4 is 4.90 Å². The fourth-order valence-corrected chi connectivity index (χ4v) is 9.04. The van der Waals surface area contributed by atoms with Gasteiger partial charge in [-0.3, -0.25) is 0 Å². The lowest BCUT2D eigenvalue weighted by Gasteiger charge is -2.28. The fraction of sp³-hybridized carbons (Fsp3) is 0.0588. The van der Waals surface area contributed by atoms with Gasteiger partial charge >= 0.3 is 0 Å². The Morgan fingerprint density at radius 2 is 0.925 bits per heavy atom. The van der Waals surface area contributed by atoms with E-state index in [2.05, 4.69) is 183 Å². The molecule has 11 rings (SSSR count). The number of hydrogen-bond acceptors (Lipinski definition) is 2. The van der Waals surface area contributed by atoms with E-state index in [1.807, 2.05) is 12.1 Å². The average molecular weight is 678 g/mol. The monoisotopic (exact) mass is 677 g/mol. The molecule has 0 unspecified atom stereocenters. The Hall–Kier alpha value is -6.64. The number of nitrogens with zero attached hydrogens (tertiary/aromatic N) is 1. The number of benzene rings is 9. The maximum atomic E-state index is 6.27. The Labute approximate surface area is 308 Å². The van der Waals surface area contributed by atoms with Crippen molar-refractivity contribution in [2.24, 2.45) is 0 Å². The van der Waals surface area contributed by atoms with E-state index in [0.29, 0.717) is 0 Å². The zero-order valence-corrected chi connectivity index (χ0v) is 29.6. The molecule has 0 saturated carbocycles. The van der Waals surface area contributed by atoms with E-state index in [1.54, 1.807) is 0 Å². The summed E-state index contributed by atoms with van der Waals surface area (Å²) in [6.07, 6.45) is 0. The zero-order chi connectivity index (χ0) is 35.3. The van der Waals surface area contributed by atoms with E-state index in [1.165, 1.54) is 65.7 Å². The Bertz CT molecular complexity index is 3070. The minimum absolute atomic E-state index is 0.113. The Morgan fingerprint density at radius 1 is 0.358 bits per heavy atom. The van der Waals surface area contributed by atoms with Crippen molar-refractivity contribution < 1.29 is 4.42 Å². The molecule has 0 amide bonds. The third-order valence-corrected chi connectivity index (χ3v) is 11.6. The van der Waals surface area contributed by atoms with E-state index < -0.39 is 0 Å². The lowest BCUT2D eigenvalue weighted by atomic mass is 9.82. The molecule has 2 heteroatoms. The summed E-state index contributed by atoms with van der Waals surface area (Å²) < 4.78 is 6.27. The predicted molar refractivity (Wildman–Crippen MR) is 224 cm³/mol. The maximum absolute atomic E-state index is 6.27. The lowest BCUT2D eigenvalue weighted by molar-refractivity contribution is 0.660. The van der Waals surface area contributed by atoms with Crippen molar-refractivity contribution >= 4 is 71.3 Å². The van der Waals surface area contributed by atoms with Crippen LogP contribution in [0.1, 0.15) is 25.0 Å². The van der Waals surface area contributed by atoms with Gasteiger partial charge in [0.1, 0.15) is 11.2 Å². The number of furan rings is 1. The van der Waals surface area contributed by atoms with Crippen LogP contribution in [-0.2, 0) is 5.41 Å². The largest absolute Gasteiger partial charge is 0.456 e. The number of fused-ring (bicyclic) bond motifs is 12. The third-order valence-electron chi connectivity index (χ3n) is 11.6. The molecule has 1 aliphatic carbocycles. The smallest absolute Gasteiger partial charge is 0.135 e. The fourth-order valence-electron chi connectivity index (χ4n) is 9.04. The normalized spacial score (nSPS) is 13.2. The van der Waals surface area contributed by atoms with Crippen molar-refractivity contribution in [3.8, 4) is 22.3 Å². The SMILES string of the molecule is CC1(C)c2ccccc2-c2ccc(N(c3cccc(-c4ccc5c6ccccc6c6ccccc6c5c4)c3)c3ccc4oc5ccccc5c4c3)cc21. The van der Waals surface area contributed by atoms with E-state index in [9.17, 15) is 0 Å². The number of anilines is 3. The summed E-state index contributed by atoms with van der Waals surface area (Å²) in [5, 5.41) is 9.95. The molecule has 9 aromatic carbocycles. The van der Waals surface area contributed by atoms with E-state index in [4.69, 9.17) is 4.42 Å². The maximum Gasteiger partial charge on any atom is 0.135 e. The molecular weight excluding hydrogens is 643 g/mol. The topological polar surface area (TPSA) is 16.4 Å². The van der Waals surface area contributed by atoms with Gasteiger partial charge in [-0.1, -0.05) is 135 Å². The van der Waals surface area contributed by atoms with Gasteiger partial charge in [-0.05, 0) is 120 Å². The molecule has 1 aliphatic rings. The first-order valence-corrected chi connectivity index (χ1v) is 18.4. The molecule has 2 nitrogen and oxygen atoms in total. The van der Waals surface area contributed by atoms with Crippen molar-refractivity contribution in [3.63, 3.8) is 0 Å². The van der Waals surface area contributed by atoms with Gasteiger partial charge in [-0.25, -0.2) is 0 Å². The summed E-state index contributed by atoms with van der Waals surface area (Å²) in [4.78, 5) is 2.41. The molecule has 10 aromatic rings. The van der Waals surface area contributed by atoms with Gasteiger partial charge in [0.25, 0.3) is 0 Å². The van der Waals surface area contributed by atoms with Gasteiger partial charge in [0, 0.05) is 33.2 Å². The minimum atomic E-state index is -0.113. The molecule has 0 fully saturated rings. The molecular formula is C51H35NO. The van der Waals surface area contributed by atoms with Gasteiger partial charge in [-0.2, -0.15) is 0 Å². The first-order valence-electron chi connectivity index (χ1n) is 18.4. The first kappa shape index (κ1) is 30.0. The number of hydrogen-bond donors (Lipinski definition) is 0. The van der Waals surface area contributed by atoms with Crippen molar-refractivity contribution in [3.05, 3.63) is 187 Å². The molecule has 0 aliphatic heterocycles. The highest BCUT2D eigenvalue weighted by molar-refractivity contribution is 6.25. The summed E-state index contributed by atoms with van der Waals surface area (Å²) >= 11 is 0. The quantitative estimate of drug-likeness (QED) is 0.172. The van der Waals surface area contributed by atoms with E-state index in [-0.39, 0.29) is 5.41 Å². The molecule has 0 atom stereocenters. The Balaban J connectivity index is 1.11. The van der Waals surface area contributed by atoms with Crippen LogP contribution in [-0.4, -0.2) is 0 Å². The Morgan fingerprint density at radius 3 is 1.72 bits per heavy atom. The molecule has 0 bridgehead atoms. The van der Waals surface area contributed by atoms with Crippen LogP contribution in [0.5, 0.6) is 0 Å². The van der Waals surface area contributed by atoms with E-state index in [0.717, 1.165) is 39.0 Å². The van der Waals surface area contributed by atoms with Crippen LogP contribution in [0.4, 0.5) is 17.1 Å². The average Bonchev–Trinajstić information content (AvgIpc) is 3.69. The summed E-state index contributed by atoms with van der Waals surface area (Å²) in [5.41, 5.74) is 12.7. The summed E-state index contributed by atoms with van der Waals surface area (Å²) in [6, 6.07) is 64.3. The molecule has 0 spiro atoms. The second-order valence-corrected chi connectivity index (χ2v) is 14.9. The number of rotatable bonds is 4. The van der Waals surface area contributed by atoms with Crippen LogP contribution in [0, 0.1) is 0 Å². The van der Waals surface area contributed by atoms with Crippen LogP contribution in [0.15, 0.2) is 180 Å². The molecule has 0 radical (unpaired) electrons. The highest BCUT2D eigenvalue weighted by Crippen LogP contribution is 2.51. The summed E-state index contributed by atoms with van der Waals surface area (Å²) in [7, 11) is 0. The Kier molecular flexibility index (Phi) is 6.33. The van der Waals surface area contributed by atoms with Crippen LogP contribution >= 0.6 is 0 Å². The van der Waals surface area contributed by atoms with E-state index >= 15 is 0 Å². The van der Waals surface area contributed by atoms with Crippen LogP contribution in [0.2, 0.25) is 0 Å². The predicted octanol–water partition coefficient (Wildman–Crippen LogP) is 14.5. The van der Waals surface area contributed by atoms with Crippen molar-refractivity contribution in [1.82, 2.24) is 0 Å². The second-order valence-electron chi connectivity index (χ2n) is 14.9. The summed E-state index contributed by atoms with van der Waals surface area (Å²) in [5.74, 6) is 0. The highest BCUT2D eigenvalue weighted by atomic mass is 16.3. The molecule has 0 saturated heterocycles. The van der Waals surface area contributed by atoms with Crippen LogP contribution in [0.3, 0.4) is 0 Å². The molecule has 53 heavy (non-hydrogen) atoms. The third kappa shape index (κ3) is 4.45. The lowest BCUT2D eigenvalue weighted by Crippen LogP contribution is -2.16. The van der Waals surface area contributed by atoms with Gasteiger partial charge in [0.15, 0.2) is 0 Å². The van der Waals surface area contributed by atoms with Crippen molar-refractivity contribution in [1.29, 1.82) is 0 Å². The number of para-hydroxylation sites is 1. The van der Waals surface area contributed by atoms with Crippen molar-refractivity contribution in [2.45, 2.75) is 19.3 Å². The zero-order valence-electron chi connectivity index (χ0n) is 29.6. The first-order chi connectivity index (χ1) is 26.0. The molecule has 1 aromatic heterocycles. The molecule has 1 heterocycles. The second kappa shape index (κ2) is 11.2. The van der Waals surface area contributed by atoms with Crippen molar-refractivity contribution in [2.75, 3.05) is 4.90 Å². The minimum Gasteiger partial charge on any atom is -0.456 e. The molecule has 250 valence electrons. The molecule has 0 N–H and O–H groups in total. The van der Waals surface area contributed by atoms with Gasteiger partial charge in [0.05, 0.1) is 0 Å². The summed E-state index contributed by atoms with van der Waals surface area (Å²) in [6.45, 7) is 4.70. The highest BCUT2D eigenvalue weighted by Gasteiger charge is 2.35.